The molecule has 1 saturated carbocycles. The van der Waals surface area contributed by atoms with Crippen molar-refractivity contribution < 1.29 is 14.6 Å². The monoisotopic (exact) mass is 297 g/mol. The fraction of sp³-hybridized carbons (Fsp3) is 0.533. The molecule has 1 unspecified atom stereocenters. The van der Waals surface area contributed by atoms with Crippen LogP contribution in [0.1, 0.15) is 24.8 Å². The molecule has 0 aliphatic heterocycles. The van der Waals surface area contributed by atoms with Gasteiger partial charge in [0.15, 0.2) is 6.61 Å². The van der Waals surface area contributed by atoms with E-state index in [4.69, 9.17) is 21.4 Å². The second-order valence-electron chi connectivity index (χ2n) is 5.18. The molecule has 110 valence electrons. The van der Waals surface area contributed by atoms with E-state index in [-0.39, 0.29) is 25.2 Å². The van der Waals surface area contributed by atoms with Crippen molar-refractivity contribution in [2.24, 2.45) is 5.92 Å². The number of aliphatic hydroxyl groups is 1. The first kappa shape index (κ1) is 15.1. The molecule has 1 amide bonds. The number of nitrogens with one attached hydrogen (secondary N) is 1. The molecule has 2 rings (SSSR count). The van der Waals surface area contributed by atoms with Crippen LogP contribution in [-0.2, 0) is 4.79 Å². The summed E-state index contributed by atoms with van der Waals surface area (Å²) in [5, 5.41) is 12.6. The molecule has 1 fully saturated rings. The Morgan fingerprint density at radius 1 is 1.55 bits per heavy atom. The smallest absolute Gasteiger partial charge is 0.258 e. The fourth-order valence-corrected chi connectivity index (χ4v) is 2.37. The van der Waals surface area contributed by atoms with Crippen molar-refractivity contribution >= 4 is 17.5 Å². The Morgan fingerprint density at radius 3 is 2.95 bits per heavy atom. The number of halogens is 1. The predicted molar refractivity (Wildman–Crippen MR) is 78.0 cm³/mol. The van der Waals surface area contributed by atoms with Crippen molar-refractivity contribution in [2.75, 3.05) is 13.2 Å². The van der Waals surface area contributed by atoms with Gasteiger partial charge < -0.3 is 15.2 Å². The molecule has 1 atom stereocenters. The zero-order chi connectivity index (χ0) is 14.5. The van der Waals surface area contributed by atoms with Crippen LogP contribution in [0.15, 0.2) is 18.2 Å². The minimum Gasteiger partial charge on any atom is -0.483 e. The molecule has 0 aromatic heterocycles. The second-order valence-corrected chi connectivity index (χ2v) is 5.58. The van der Waals surface area contributed by atoms with Crippen LogP contribution >= 0.6 is 11.6 Å². The predicted octanol–water partition coefficient (Wildman–Crippen LogP) is 2.30. The highest BCUT2D eigenvalue weighted by atomic mass is 35.5. The van der Waals surface area contributed by atoms with Gasteiger partial charge in [-0.3, -0.25) is 4.79 Å². The van der Waals surface area contributed by atoms with Gasteiger partial charge in [0.05, 0.1) is 0 Å². The molecule has 1 aromatic rings. The van der Waals surface area contributed by atoms with Gasteiger partial charge in [-0.05, 0) is 44.2 Å². The maximum atomic E-state index is 11.9. The molecular weight excluding hydrogens is 278 g/mol. The number of aliphatic hydroxyl groups excluding tert-OH is 1. The van der Waals surface area contributed by atoms with Crippen LogP contribution in [0.3, 0.4) is 0 Å². The SMILES string of the molecule is Cc1c(Cl)cccc1OCC(=O)NC(CCO)C1CC1. The number of amides is 1. The highest BCUT2D eigenvalue weighted by Crippen LogP contribution is 2.33. The summed E-state index contributed by atoms with van der Waals surface area (Å²) in [6.45, 7) is 1.92. The molecule has 0 radical (unpaired) electrons. The van der Waals surface area contributed by atoms with Crippen LogP contribution in [0.4, 0.5) is 0 Å². The molecule has 5 heteroatoms. The number of rotatable bonds is 7. The third kappa shape index (κ3) is 4.12. The van der Waals surface area contributed by atoms with Gasteiger partial charge >= 0.3 is 0 Å². The van der Waals surface area contributed by atoms with E-state index < -0.39 is 0 Å². The first-order valence-electron chi connectivity index (χ1n) is 6.90. The van der Waals surface area contributed by atoms with Crippen molar-refractivity contribution in [3.8, 4) is 5.75 Å². The molecule has 0 spiro atoms. The highest BCUT2D eigenvalue weighted by molar-refractivity contribution is 6.31. The number of ether oxygens (including phenoxy) is 1. The summed E-state index contributed by atoms with van der Waals surface area (Å²) in [5.74, 6) is 0.978. The van der Waals surface area contributed by atoms with Crippen LogP contribution < -0.4 is 10.1 Å². The molecule has 0 saturated heterocycles. The Kier molecular flexibility index (Phi) is 5.26. The summed E-state index contributed by atoms with van der Waals surface area (Å²) in [7, 11) is 0. The Bertz CT molecular complexity index is 474. The summed E-state index contributed by atoms with van der Waals surface area (Å²) in [6.07, 6.45) is 2.85. The van der Waals surface area contributed by atoms with Crippen LogP contribution in [0.5, 0.6) is 5.75 Å². The average Bonchev–Trinajstić information content (AvgIpc) is 3.24. The first-order chi connectivity index (χ1) is 9.61. The van der Waals surface area contributed by atoms with E-state index in [1.165, 1.54) is 0 Å². The lowest BCUT2D eigenvalue weighted by Gasteiger charge is -2.17. The summed E-state index contributed by atoms with van der Waals surface area (Å²) >= 11 is 6.00. The van der Waals surface area contributed by atoms with Crippen molar-refractivity contribution in [1.29, 1.82) is 0 Å². The maximum absolute atomic E-state index is 11.9. The van der Waals surface area contributed by atoms with E-state index in [9.17, 15) is 4.79 Å². The van der Waals surface area contributed by atoms with Crippen molar-refractivity contribution in [1.82, 2.24) is 5.32 Å². The van der Waals surface area contributed by atoms with Gasteiger partial charge in [0.25, 0.3) is 5.91 Å². The van der Waals surface area contributed by atoms with Gasteiger partial charge in [0.1, 0.15) is 5.75 Å². The van der Waals surface area contributed by atoms with E-state index in [0.717, 1.165) is 18.4 Å². The van der Waals surface area contributed by atoms with Gasteiger partial charge in [0, 0.05) is 23.2 Å². The lowest BCUT2D eigenvalue weighted by Crippen LogP contribution is -2.39. The lowest BCUT2D eigenvalue weighted by atomic mass is 10.1. The number of carbonyl (C=O) groups is 1. The van der Waals surface area contributed by atoms with Crippen LogP contribution in [0.25, 0.3) is 0 Å². The Hall–Kier alpha value is -1.26. The van der Waals surface area contributed by atoms with Crippen molar-refractivity contribution in [3.05, 3.63) is 28.8 Å². The van der Waals surface area contributed by atoms with E-state index in [1.807, 2.05) is 6.92 Å². The third-order valence-electron chi connectivity index (χ3n) is 3.55. The Labute approximate surface area is 124 Å². The summed E-state index contributed by atoms with van der Waals surface area (Å²) in [6, 6.07) is 5.44. The van der Waals surface area contributed by atoms with Crippen LogP contribution in [0, 0.1) is 12.8 Å². The van der Waals surface area contributed by atoms with E-state index in [1.54, 1.807) is 18.2 Å². The number of hydrogen-bond donors (Lipinski definition) is 2. The quantitative estimate of drug-likeness (QED) is 0.812. The summed E-state index contributed by atoms with van der Waals surface area (Å²) in [5.41, 5.74) is 0.830. The zero-order valence-corrected chi connectivity index (χ0v) is 12.3. The average molecular weight is 298 g/mol. The minimum absolute atomic E-state index is 0.0319. The molecule has 20 heavy (non-hydrogen) atoms. The maximum Gasteiger partial charge on any atom is 0.258 e. The molecule has 1 aliphatic rings. The van der Waals surface area contributed by atoms with Crippen LogP contribution in [0.2, 0.25) is 5.02 Å². The highest BCUT2D eigenvalue weighted by Gasteiger charge is 2.31. The van der Waals surface area contributed by atoms with E-state index >= 15 is 0 Å². The standard InChI is InChI=1S/C15H20ClNO3/c1-10-12(16)3-2-4-14(10)20-9-15(19)17-13(7-8-18)11-5-6-11/h2-4,11,13,18H,5-9H2,1H3,(H,17,19). The number of carbonyl (C=O) groups excluding carboxylic acids is 1. The zero-order valence-electron chi connectivity index (χ0n) is 11.6. The van der Waals surface area contributed by atoms with Gasteiger partial charge in [-0.2, -0.15) is 0 Å². The Morgan fingerprint density at radius 2 is 2.30 bits per heavy atom. The van der Waals surface area contributed by atoms with Crippen molar-refractivity contribution in [2.45, 2.75) is 32.2 Å². The number of hydrogen-bond acceptors (Lipinski definition) is 3. The molecule has 1 aromatic carbocycles. The fourth-order valence-electron chi connectivity index (χ4n) is 2.20. The van der Waals surface area contributed by atoms with Crippen molar-refractivity contribution in [3.63, 3.8) is 0 Å². The lowest BCUT2D eigenvalue weighted by molar-refractivity contribution is -0.124. The molecule has 0 bridgehead atoms. The van der Waals surface area contributed by atoms with Gasteiger partial charge in [-0.1, -0.05) is 17.7 Å². The Balaban J connectivity index is 1.83. The third-order valence-corrected chi connectivity index (χ3v) is 3.96. The first-order valence-corrected chi connectivity index (χ1v) is 7.27. The van der Waals surface area contributed by atoms with Gasteiger partial charge in [-0.25, -0.2) is 0 Å². The normalized spacial score (nSPS) is 15.8. The van der Waals surface area contributed by atoms with Gasteiger partial charge in [0.2, 0.25) is 0 Å². The summed E-state index contributed by atoms with van der Waals surface area (Å²) < 4.78 is 5.50. The molecule has 4 nitrogen and oxygen atoms in total. The summed E-state index contributed by atoms with van der Waals surface area (Å²) in [4.78, 5) is 11.9. The largest absolute Gasteiger partial charge is 0.483 e. The number of benzene rings is 1. The van der Waals surface area contributed by atoms with E-state index in [2.05, 4.69) is 5.32 Å². The second kappa shape index (κ2) is 6.95. The van der Waals surface area contributed by atoms with E-state index in [0.29, 0.717) is 23.1 Å². The topological polar surface area (TPSA) is 58.6 Å². The van der Waals surface area contributed by atoms with Crippen LogP contribution in [-0.4, -0.2) is 30.3 Å². The molecule has 1 aliphatic carbocycles. The van der Waals surface area contributed by atoms with Gasteiger partial charge in [-0.15, -0.1) is 0 Å². The molecule has 0 heterocycles. The molecular formula is C15H20ClNO3. The molecule has 2 N–H and O–H groups in total. The minimum atomic E-state index is -0.158.